The van der Waals surface area contributed by atoms with Crippen LogP contribution in [0.4, 0.5) is 13.2 Å². The largest absolute Gasteiger partial charge is 0.497 e. The van der Waals surface area contributed by atoms with Gasteiger partial charge in [-0.05, 0) is 44.3 Å². The van der Waals surface area contributed by atoms with Crippen molar-refractivity contribution in [2.24, 2.45) is 7.05 Å². The lowest BCUT2D eigenvalue weighted by atomic mass is 10.1. The van der Waals surface area contributed by atoms with Crippen molar-refractivity contribution >= 4 is 17.2 Å². The van der Waals surface area contributed by atoms with Crippen LogP contribution in [0.3, 0.4) is 0 Å². The number of carbonyl (C=O) groups excluding carboxylic acids is 1. The minimum absolute atomic E-state index is 0.167. The summed E-state index contributed by atoms with van der Waals surface area (Å²) < 4.78 is 39.9. The number of fused-ring (bicyclic) bond motifs is 1. The number of ether oxygens (including phenoxy) is 1. The molecular formula is C21H35F3N2O2. The third kappa shape index (κ3) is 11.0. The summed E-state index contributed by atoms with van der Waals surface area (Å²) in [7, 11) is 8.01. The van der Waals surface area contributed by atoms with E-state index in [4.69, 9.17) is 9.53 Å². The summed E-state index contributed by atoms with van der Waals surface area (Å²) in [6.45, 7) is 9.07. The molecule has 1 aromatic carbocycles. The van der Waals surface area contributed by atoms with Crippen LogP contribution in [0.25, 0.3) is 10.9 Å². The fourth-order valence-electron chi connectivity index (χ4n) is 2.22. The number of aldehydes is 1. The standard InChI is InChI=1S/C14H20N2O.C3H3F3O.2C2H6/c1-15(2)8-7-11-10-16(3)14-6-5-12(17-4)9-13(11)14;4-3(5,6)1-2-7;2*1-2/h5-6,9-10H,7-8H2,1-4H3;2H,1H2;2*1-2H3. The number of hydrogen-bond donors (Lipinski definition) is 0. The van der Waals surface area contributed by atoms with Crippen LogP contribution < -0.4 is 4.74 Å². The summed E-state index contributed by atoms with van der Waals surface area (Å²) in [6.07, 6.45) is -2.54. The van der Waals surface area contributed by atoms with E-state index in [1.54, 1.807) is 7.11 Å². The molecule has 0 aliphatic carbocycles. The molecule has 0 saturated carbocycles. The second-order valence-electron chi connectivity index (χ2n) is 5.69. The van der Waals surface area contributed by atoms with E-state index in [0.29, 0.717) is 0 Å². The molecule has 0 bridgehead atoms. The van der Waals surface area contributed by atoms with E-state index in [-0.39, 0.29) is 6.29 Å². The van der Waals surface area contributed by atoms with Crippen LogP contribution in [-0.4, -0.2) is 49.7 Å². The van der Waals surface area contributed by atoms with Gasteiger partial charge in [0.25, 0.3) is 0 Å². The number of hydrogen-bond acceptors (Lipinski definition) is 3. The molecule has 0 spiro atoms. The molecule has 0 N–H and O–H groups in total. The average Bonchev–Trinajstić information content (AvgIpc) is 2.98. The first kappa shape index (κ1) is 28.2. The zero-order valence-electron chi connectivity index (χ0n) is 18.4. The van der Waals surface area contributed by atoms with Gasteiger partial charge in [-0.2, -0.15) is 13.2 Å². The van der Waals surface area contributed by atoms with Gasteiger partial charge in [0.15, 0.2) is 0 Å². The number of aromatic nitrogens is 1. The smallest absolute Gasteiger partial charge is 0.395 e. The third-order valence-corrected chi connectivity index (χ3v) is 3.42. The summed E-state index contributed by atoms with van der Waals surface area (Å²) in [4.78, 5) is 11.3. The molecule has 28 heavy (non-hydrogen) atoms. The number of benzene rings is 1. The summed E-state index contributed by atoms with van der Waals surface area (Å²) in [5.74, 6) is 0.926. The van der Waals surface area contributed by atoms with Gasteiger partial charge in [-0.1, -0.05) is 27.7 Å². The molecule has 162 valence electrons. The maximum Gasteiger partial charge on any atom is 0.395 e. The molecule has 0 radical (unpaired) electrons. The van der Waals surface area contributed by atoms with Gasteiger partial charge < -0.3 is 19.0 Å². The van der Waals surface area contributed by atoms with Gasteiger partial charge in [0.05, 0.1) is 13.5 Å². The van der Waals surface area contributed by atoms with E-state index in [1.165, 1.54) is 16.5 Å². The topological polar surface area (TPSA) is 34.5 Å². The molecule has 0 fully saturated rings. The number of rotatable bonds is 5. The van der Waals surface area contributed by atoms with Crippen molar-refractivity contribution in [3.8, 4) is 5.75 Å². The third-order valence-electron chi connectivity index (χ3n) is 3.42. The Balaban J connectivity index is 0. The monoisotopic (exact) mass is 404 g/mol. The second-order valence-corrected chi connectivity index (χ2v) is 5.69. The Hall–Kier alpha value is -2.02. The molecule has 4 nitrogen and oxygen atoms in total. The fourth-order valence-corrected chi connectivity index (χ4v) is 2.22. The number of nitrogens with zero attached hydrogens (tertiary/aromatic N) is 2. The zero-order chi connectivity index (χ0) is 22.3. The van der Waals surface area contributed by atoms with Crippen molar-refractivity contribution in [1.82, 2.24) is 9.47 Å². The van der Waals surface area contributed by atoms with Crippen molar-refractivity contribution in [1.29, 1.82) is 0 Å². The predicted octanol–water partition coefficient (Wildman–Crippen LogP) is 5.48. The van der Waals surface area contributed by atoms with E-state index >= 15 is 0 Å². The molecule has 1 aromatic heterocycles. The van der Waals surface area contributed by atoms with Crippen LogP contribution in [0.5, 0.6) is 5.75 Å². The number of halogens is 3. The lowest BCUT2D eigenvalue weighted by Gasteiger charge is -2.08. The Morgan fingerprint density at radius 3 is 2.11 bits per heavy atom. The quantitative estimate of drug-likeness (QED) is 0.619. The van der Waals surface area contributed by atoms with E-state index in [1.807, 2.05) is 33.8 Å². The van der Waals surface area contributed by atoms with E-state index in [2.05, 4.69) is 48.9 Å². The molecule has 2 rings (SSSR count). The van der Waals surface area contributed by atoms with Crippen molar-refractivity contribution in [3.05, 3.63) is 30.0 Å². The van der Waals surface area contributed by atoms with Crippen LogP contribution >= 0.6 is 0 Å². The van der Waals surface area contributed by atoms with E-state index in [9.17, 15) is 13.2 Å². The highest BCUT2D eigenvalue weighted by Crippen LogP contribution is 2.25. The molecule has 0 aliphatic rings. The van der Waals surface area contributed by atoms with Gasteiger partial charge in [-0.25, -0.2) is 0 Å². The van der Waals surface area contributed by atoms with Gasteiger partial charge in [0, 0.05) is 30.7 Å². The van der Waals surface area contributed by atoms with Crippen molar-refractivity contribution in [2.75, 3.05) is 27.7 Å². The Morgan fingerprint density at radius 2 is 1.71 bits per heavy atom. The first-order valence-electron chi connectivity index (χ1n) is 9.45. The summed E-state index contributed by atoms with van der Waals surface area (Å²) in [5, 5.41) is 1.30. The highest BCUT2D eigenvalue weighted by Gasteiger charge is 2.25. The number of aryl methyl sites for hydroxylation is 1. The molecule has 0 aliphatic heterocycles. The maximum atomic E-state index is 10.8. The SMILES string of the molecule is CC.CC.COc1ccc2c(c1)c(CCN(C)C)cn2C.O=CCC(F)(F)F. The highest BCUT2D eigenvalue weighted by atomic mass is 19.4. The Kier molecular flexibility index (Phi) is 15.1. The van der Waals surface area contributed by atoms with Gasteiger partial charge in [0.1, 0.15) is 12.0 Å². The molecular weight excluding hydrogens is 369 g/mol. The van der Waals surface area contributed by atoms with Gasteiger partial charge in [0.2, 0.25) is 0 Å². The van der Waals surface area contributed by atoms with Gasteiger partial charge in [-0.15, -0.1) is 0 Å². The summed E-state index contributed by atoms with van der Waals surface area (Å²) in [6, 6.07) is 6.26. The summed E-state index contributed by atoms with van der Waals surface area (Å²) in [5.41, 5.74) is 2.65. The second kappa shape index (κ2) is 15.0. The highest BCUT2D eigenvalue weighted by molar-refractivity contribution is 5.85. The molecule has 7 heteroatoms. The first-order chi connectivity index (χ1) is 13.2. The van der Waals surface area contributed by atoms with Crippen LogP contribution in [0, 0.1) is 0 Å². The molecule has 1 heterocycles. The molecule has 0 atom stereocenters. The van der Waals surface area contributed by atoms with Gasteiger partial charge in [-0.3, -0.25) is 0 Å². The number of methoxy groups -OCH3 is 1. The lowest BCUT2D eigenvalue weighted by molar-refractivity contribution is -0.144. The summed E-state index contributed by atoms with van der Waals surface area (Å²) >= 11 is 0. The van der Waals surface area contributed by atoms with Crippen molar-refractivity contribution in [3.63, 3.8) is 0 Å². The van der Waals surface area contributed by atoms with Crippen LogP contribution in [0.15, 0.2) is 24.4 Å². The number of alkyl halides is 3. The molecule has 0 unspecified atom stereocenters. The number of likely N-dealkylation sites (N-methyl/N-ethyl adjacent to an activating group) is 1. The molecule has 0 saturated heterocycles. The van der Waals surface area contributed by atoms with Crippen LogP contribution in [-0.2, 0) is 18.3 Å². The average molecular weight is 405 g/mol. The Bertz CT molecular complexity index is 665. The minimum atomic E-state index is -4.32. The predicted molar refractivity (Wildman–Crippen MR) is 111 cm³/mol. The normalized spacial score (nSPS) is 10.1. The van der Waals surface area contributed by atoms with E-state index < -0.39 is 12.6 Å². The maximum absolute atomic E-state index is 10.8. The van der Waals surface area contributed by atoms with Gasteiger partial charge >= 0.3 is 6.18 Å². The molecule has 2 aromatic rings. The zero-order valence-corrected chi connectivity index (χ0v) is 18.4. The van der Waals surface area contributed by atoms with Crippen molar-refractivity contribution in [2.45, 2.75) is 46.7 Å². The first-order valence-corrected chi connectivity index (χ1v) is 9.45. The minimum Gasteiger partial charge on any atom is -0.497 e. The van der Waals surface area contributed by atoms with Crippen molar-refractivity contribution < 1.29 is 22.7 Å². The Morgan fingerprint density at radius 1 is 1.14 bits per heavy atom. The van der Waals surface area contributed by atoms with E-state index in [0.717, 1.165) is 18.7 Å². The molecule has 0 amide bonds. The Labute approximate surface area is 167 Å². The van der Waals surface area contributed by atoms with Crippen LogP contribution in [0.2, 0.25) is 0 Å². The van der Waals surface area contributed by atoms with Crippen LogP contribution in [0.1, 0.15) is 39.7 Å². The lowest BCUT2D eigenvalue weighted by Crippen LogP contribution is -2.14. The number of carbonyl (C=O) groups is 1. The fraction of sp³-hybridized carbons (Fsp3) is 0.571.